The Bertz CT molecular complexity index is 1140. The normalized spacial score (nSPS) is 23.1. The number of nitrogens with zero attached hydrogens (tertiary/aromatic N) is 3. The van der Waals surface area contributed by atoms with Crippen LogP contribution in [0.5, 0.6) is 5.75 Å². The van der Waals surface area contributed by atoms with Gasteiger partial charge < -0.3 is 15.2 Å². The first-order valence-corrected chi connectivity index (χ1v) is 9.83. The van der Waals surface area contributed by atoms with Crippen LogP contribution in [0.4, 0.5) is 26.3 Å². The monoisotopic (exact) mass is 490 g/mol. The third-order valence-electron chi connectivity index (χ3n) is 5.34. The molecule has 3 rings (SSSR count). The number of amidine groups is 1. The maximum Gasteiger partial charge on any atom is 0.424 e. The lowest BCUT2D eigenvalue weighted by Gasteiger charge is -2.40. The fourth-order valence-electron chi connectivity index (χ4n) is 3.33. The first-order chi connectivity index (χ1) is 15.7. The van der Waals surface area contributed by atoms with Gasteiger partial charge in [-0.15, -0.1) is 0 Å². The molecule has 0 spiro atoms. The SMILES string of the molecule is Cc1cc(OC(F)F)cnc1C(=O)Cc1ccc(F)c([C@]2(C)CO[C@@](C)(C(F)(F)F)C(N)=N2)n1. The number of Topliss-reactive ketones (excluding diaryl/α,β-unsaturated/α-hetero) is 1. The Balaban J connectivity index is 1.88. The molecule has 3 heterocycles. The molecular formula is C21H20F6N4O3. The van der Waals surface area contributed by atoms with Crippen LogP contribution in [0.2, 0.25) is 0 Å². The van der Waals surface area contributed by atoms with E-state index in [1.165, 1.54) is 26.0 Å². The van der Waals surface area contributed by atoms with Crippen LogP contribution in [0.25, 0.3) is 0 Å². The molecule has 1 aliphatic heterocycles. The summed E-state index contributed by atoms with van der Waals surface area (Å²) in [4.78, 5) is 24.5. The van der Waals surface area contributed by atoms with Crippen molar-refractivity contribution in [2.24, 2.45) is 10.7 Å². The highest BCUT2D eigenvalue weighted by molar-refractivity contribution is 5.96. The van der Waals surface area contributed by atoms with Gasteiger partial charge in [-0.2, -0.15) is 22.0 Å². The maximum atomic E-state index is 14.6. The lowest BCUT2D eigenvalue weighted by Crippen LogP contribution is -2.60. The molecule has 0 fully saturated rings. The van der Waals surface area contributed by atoms with Crippen molar-refractivity contribution in [3.63, 3.8) is 0 Å². The van der Waals surface area contributed by atoms with Gasteiger partial charge in [-0.25, -0.2) is 9.37 Å². The van der Waals surface area contributed by atoms with Crippen LogP contribution in [0, 0.1) is 12.7 Å². The molecule has 0 aliphatic carbocycles. The van der Waals surface area contributed by atoms with E-state index in [1.807, 2.05) is 0 Å². The van der Waals surface area contributed by atoms with Gasteiger partial charge in [-0.3, -0.25) is 14.8 Å². The van der Waals surface area contributed by atoms with Crippen molar-refractivity contribution < 1.29 is 40.6 Å². The summed E-state index contributed by atoms with van der Waals surface area (Å²) < 4.78 is 88.5. The van der Waals surface area contributed by atoms with E-state index in [0.29, 0.717) is 0 Å². The summed E-state index contributed by atoms with van der Waals surface area (Å²) >= 11 is 0. The highest BCUT2D eigenvalue weighted by Gasteiger charge is 2.59. The zero-order chi connectivity index (χ0) is 25.5. The Kier molecular flexibility index (Phi) is 6.62. The number of ether oxygens (including phenoxy) is 2. The van der Waals surface area contributed by atoms with Gasteiger partial charge in [-0.05, 0) is 44.5 Å². The number of alkyl halides is 5. The average molecular weight is 490 g/mol. The van der Waals surface area contributed by atoms with E-state index in [0.717, 1.165) is 19.2 Å². The second-order valence-electron chi connectivity index (χ2n) is 8.04. The number of ketones is 1. The van der Waals surface area contributed by atoms with Crippen molar-refractivity contribution in [3.8, 4) is 5.75 Å². The van der Waals surface area contributed by atoms with Crippen molar-refractivity contribution in [2.45, 2.75) is 51.1 Å². The van der Waals surface area contributed by atoms with Gasteiger partial charge in [0.1, 0.15) is 34.3 Å². The highest BCUT2D eigenvalue weighted by atomic mass is 19.4. The summed E-state index contributed by atoms with van der Waals surface area (Å²) in [5.41, 5.74) is 0.993. The zero-order valence-electron chi connectivity index (χ0n) is 18.2. The number of carbonyl (C=O) groups excluding carboxylic acids is 1. The molecule has 2 N–H and O–H groups in total. The molecule has 0 saturated carbocycles. The number of aromatic nitrogens is 2. The summed E-state index contributed by atoms with van der Waals surface area (Å²) in [6.45, 7) is -0.229. The number of aryl methyl sites for hydroxylation is 1. The number of hydrogen-bond acceptors (Lipinski definition) is 7. The second kappa shape index (κ2) is 8.85. The van der Waals surface area contributed by atoms with Gasteiger partial charge in [0.25, 0.3) is 0 Å². The van der Waals surface area contributed by atoms with Crippen LogP contribution in [0.1, 0.15) is 41.3 Å². The first kappa shape index (κ1) is 25.4. The van der Waals surface area contributed by atoms with E-state index >= 15 is 0 Å². The Morgan fingerprint density at radius 1 is 1.29 bits per heavy atom. The van der Waals surface area contributed by atoms with Gasteiger partial charge >= 0.3 is 12.8 Å². The van der Waals surface area contributed by atoms with Crippen LogP contribution in [-0.2, 0) is 16.7 Å². The predicted molar refractivity (Wildman–Crippen MR) is 107 cm³/mol. The number of hydrogen-bond donors (Lipinski definition) is 1. The number of aliphatic imine (C=N–C) groups is 1. The summed E-state index contributed by atoms with van der Waals surface area (Å²) in [5, 5.41) is 0. The van der Waals surface area contributed by atoms with Crippen LogP contribution < -0.4 is 10.5 Å². The van der Waals surface area contributed by atoms with E-state index in [4.69, 9.17) is 10.5 Å². The number of pyridine rings is 2. The number of nitrogens with two attached hydrogens (primary N) is 1. The lowest BCUT2D eigenvalue weighted by molar-refractivity contribution is -0.249. The van der Waals surface area contributed by atoms with E-state index < -0.39 is 48.0 Å². The Morgan fingerprint density at radius 3 is 2.53 bits per heavy atom. The van der Waals surface area contributed by atoms with Gasteiger partial charge in [0, 0.05) is 5.69 Å². The Labute approximate surface area is 190 Å². The molecule has 2 atom stereocenters. The third-order valence-corrected chi connectivity index (χ3v) is 5.34. The summed E-state index contributed by atoms with van der Waals surface area (Å²) in [5.74, 6) is -2.54. The molecule has 0 bridgehead atoms. The average Bonchev–Trinajstić information content (AvgIpc) is 2.71. The predicted octanol–water partition coefficient (Wildman–Crippen LogP) is 3.87. The molecule has 1 aliphatic rings. The van der Waals surface area contributed by atoms with Gasteiger partial charge in [0.15, 0.2) is 5.78 Å². The molecule has 2 aromatic rings. The molecule has 0 radical (unpaired) electrons. The Hall–Kier alpha value is -3.22. The molecule has 0 aromatic carbocycles. The molecule has 184 valence electrons. The number of halogens is 6. The van der Waals surface area contributed by atoms with Crippen molar-refractivity contribution in [1.29, 1.82) is 0 Å². The fourth-order valence-corrected chi connectivity index (χ4v) is 3.33. The molecule has 13 heteroatoms. The first-order valence-electron chi connectivity index (χ1n) is 9.83. The fraction of sp³-hybridized carbons (Fsp3) is 0.429. The number of carbonyl (C=O) groups is 1. The van der Waals surface area contributed by atoms with Gasteiger partial charge in [0.2, 0.25) is 5.60 Å². The van der Waals surface area contributed by atoms with Crippen LogP contribution >= 0.6 is 0 Å². The van der Waals surface area contributed by atoms with Crippen molar-refractivity contribution in [1.82, 2.24) is 9.97 Å². The van der Waals surface area contributed by atoms with Crippen LogP contribution in [-0.4, -0.2) is 46.6 Å². The maximum absolute atomic E-state index is 14.6. The zero-order valence-corrected chi connectivity index (χ0v) is 18.2. The van der Waals surface area contributed by atoms with E-state index in [-0.39, 0.29) is 34.8 Å². The van der Waals surface area contributed by atoms with Gasteiger partial charge in [-0.1, -0.05) is 0 Å². The summed E-state index contributed by atoms with van der Waals surface area (Å²) in [6, 6.07) is 3.44. The van der Waals surface area contributed by atoms with Crippen LogP contribution in [0.3, 0.4) is 0 Å². The minimum absolute atomic E-state index is 0.0373. The van der Waals surface area contributed by atoms with Crippen molar-refractivity contribution in [3.05, 3.63) is 52.9 Å². The molecule has 2 aromatic heterocycles. The molecule has 0 amide bonds. The molecule has 0 saturated heterocycles. The highest BCUT2D eigenvalue weighted by Crippen LogP contribution is 2.40. The standard InChI is InChI=1S/C21H20F6N4O3/c1-10-6-12(34-18(23)24)8-29-15(10)14(32)7-11-4-5-13(22)16(30-11)19(2)9-33-20(3,17(28)31-19)21(25,26)27/h4-6,8,18H,7,9H2,1-3H3,(H2,28,31)/t19-,20+/m0/s1. The van der Waals surface area contributed by atoms with Crippen molar-refractivity contribution in [2.75, 3.05) is 6.61 Å². The van der Waals surface area contributed by atoms with E-state index in [9.17, 15) is 31.1 Å². The topological polar surface area (TPSA) is 99.7 Å². The molecule has 7 nitrogen and oxygen atoms in total. The Morgan fingerprint density at radius 2 is 1.97 bits per heavy atom. The smallest absolute Gasteiger partial charge is 0.424 e. The second-order valence-corrected chi connectivity index (χ2v) is 8.04. The molecule has 0 unspecified atom stereocenters. The minimum Gasteiger partial charge on any atom is -0.433 e. The summed E-state index contributed by atoms with van der Waals surface area (Å²) in [7, 11) is 0. The number of rotatable bonds is 6. The van der Waals surface area contributed by atoms with Crippen LogP contribution in [0.15, 0.2) is 29.4 Å². The van der Waals surface area contributed by atoms with Crippen molar-refractivity contribution >= 4 is 11.6 Å². The van der Waals surface area contributed by atoms with Gasteiger partial charge in [0.05, 0.1) is 19.2 Å². The quantitative estimate of drug-likeness (QED) is 0.488. The lowest BCUT2D eigenvalue weighted by atomic mass is 9.93. The molecule has 34 heavy (non-hydrogen) atoms. The van der Waals surface area contributed by atoms with E-state index in [1.54, 1.807) is 0 Å². The largest absolute Gasteiger partial charge is 0.433 e. The van der Waals surface area contributed by atoms with E-state index in [2.05, 4.69) is 19.7 Å². The third kappa shape index (κ3) is 4.83. The molecular weight excluding hydrogens is 470 g/mol. The summed E-state index contributed by atoms with van der Waals surface area (Å²) in [6.07, 6.45) is -4.24. The minimum atomic E-state index is -4.84.